The van der Waals surface area contributed by atoms with E-state index in [9.17, 15) is 0 Å². The van der Waals surface area contributed by atoms with Crippen LogP contribution in [0.15, 0.2) is 0 Å². The van der Waals surface area contributed by atoms with E-state index in [1.54, 1.807) is 0 Å². The molecule has 0 aliphatic heterocycles. The van der Waals surface area contributed by atoms with Gasteiger partial charge < -0.3 is 0 Å². The first-order valence-electron chi connectivity index (χ1n) is 2.48. The normalized spacial score (nSPS) is 22.7. The van der Waals surface area contributed by atoms with Crippen molar-refractivity contribution in [3.8, 4) is 0 Å². The lowest BCUT2D eigenvalue weighted by Crippen LogP contribution is -2.30. The van der Waals surface area contributed by atoms with E-state index in [2.05, 4.69) is 0 Å². The third-order valence-electron chi connectivity index (χ3n) is 1.13. The van der Waals surface area contributed by atoms with Crippen LogP contribution >= 0.6 is 44.3 Å². The van der Waals surface area contributed by atoms with Crippen molar-refractivity contribution in [1.29, 1.82) is 0 Å². The smallest absolute Gasteiger partial charge is 0.125 e. The number of rotatable bonds is 4. The molecule has 8 heteroatoms. The molecular weight excluding hydrogens is 266 g/mol. The van der Waals surface area contributed by atoms with Gasteiger partial charge in [0.1, 0.15) is 35.3 Å². The number of halogens is 4. The van der Waals surface area contributed by atoms with Crippen molar-refractivity contribution in [2.45, 2.75) is 3.91 Å². The van der Waals surface area contributed by atoms with Crippen LogP contribution in [0.4, 0.5) is 0 Å². The SMILES string of the molecule is Cl[SiH2]C([SiH2]Cl)([SiH2]Cl)[SiH2]Cl. The van der Waals surface area contributed by atoms with E-state index in [4.69, 9.17) is 44.3 Å². The van der Waals surface area contributed by atoms with Gasteiger partial charge in [-0.05, 0) is 3.91 Å². The molecule has 0 N–H and O–H groups in total. The molecule has 0 heterocycles. The van der Waals surface area contributed by atoms with Gasteiger partial charge >= 0.3 is 0 Å². The van der Waals surface area contributed by atoms with Gasteiger partial charge in [0.2, 0.25) is 0 Å². The highest BCUT2D eigenvalue weighted by Crippen LogP contribution is 2.24. The van der Waals surface area contributed by atoms with Gasteiger partial charge in [0.15, 0.2) is 0 Å². The van der Waals surface area contributed by atoms with Gasteiger partial charge in [0.25, 0.3) is 0 Å². The molecule has 9 heavy (non-hydrogen) atoms. The maximum Gasteiger partial charge on any atom is 0.125 e. The molecule has 0 aliphatic rings. The summed E-state index contributed by atoms with van der Waals surface area (Å²) >= 11 is 23.3. The van der Waals surface area contributed by atoms with E-state index in [0.717, 1.165) is 0 Å². The maximum absolute atomic E-state index is 5.81. The van der Waals surface area contributed by atoms with Crippen molar-refractivity contribution in [1.82, 2.24) is 0 Å². The van der Waals surface area contributed by atoms with Crippen LogP contribution < -0.4 is 0 Å². The van der Waals surface area contributed by atoms with Crippen molar-refractivity contribution in [2.24, 2.45) is 0 Å². The number of hydrogen-bond acceptors (Lipinski definition) is 0. The van der Waals surface area contributed by atoms with Crippen LogP contribution in [0, 0.1) is 0 Å². The van der Waals surface area contributed by atoms with Crippen LogP contribution in [0.1, 0.15) is 0 Å². The lowest BCUT2D eigenvalue weighted by molar-refractivity contribution is 1.66. The topological polar surface area (TPSA) is 0 Å². The van der Waals surface area contributed by atoms with E-state index in [0.29, 0.717) is 0 Å². The first-order chi connectivity index (χ1) is 4.24. The van der Waals surface area contributed by atoms with Crippen LogP contribution in [0.5, 0.6) is 0 Å². The molecule has 0 unspecified atom stereocenters. The van der Waals surface area contributed by atoms with Gasteiger partial charge in [-0.25, -0.2) is 0 Å². The molecule has 0 aromatic heterocycles. The monoisotopic (exact) mass is 272 g/mol. The summed E-state index contributed by atoms with van der Waals surface area (Å²) < 4.78 is 0.284. The summed E-state index contributed by atoms with van der Waals surface area (Å²) in [4.78, 5) is 0. The highest BCUT2D eigenvalue weighted by molar-refractivity contribution is 7.31. The van der Waals surface area contributed by atoms with E-state index in [-0.39, 0.29) is 3.91 Å². The Morgan fingerprint density at radius 2 is 0.889 bits per heavy atom. The summed E-state index contributed by atoms with van der Waals surface area (Å²) in [5, 5.41) is 0. The fourth-order valence-corrected chi connectivity index (χ4v) is 17.4. The van der Waals surface area contributed by atoms with Crippen molar-refractivity contribution in [2.75, 3.05) is 0 Å². The average Bonchev–Trinajstić information content (AvgIpc) is 1.95. The van der Waals surface area contributed by atoms with Crippen molar-refractivity contribution >= 4 is 79.6 Å². The van der Waals surface area contributed by atoms with E-state index in [1.165, 1.54) is 0 Å². The van der Waals surface area contributed by atoms with Crippen molar-refractivity contribution in [3.05, 3.63) is 0 Å². The Kier molecular flexibility index (Phi) is 6.92. The molecule has 0 fully saturated rings. The molecule has 0 saturated carbocycles. The second-order valence-electron chi connectivity index (χ2n) is 2.03. The molecule has 0 rings (SSSR count). The van der Waals surface area contributed by atoms with Crippen LogP contribution in [0.25, 0.3) is 0 Å². The molecule has 0 atom stereocenters. The Balaban J connectivity index is 3.82. The van der Waals surface area contributed by atoms with Crippen LogP contribution in [0.2, 0.25) is 3.91 Å². The lowest BCUT2D eigenvalue weighted by atomic mass is 11.8. The molecule has 0 aromatic carbocycles. The Bertz CT molecular complexity index is 55.5. The Morgan fingerprint density at radius 3 is 0.889 bits per heavy atom. The molecule has 0 amide bonds. The van der Waals surface area contributed by atoms with E-state index in [1.807, 2.05) is 0 Å². The second-order valence-corrected chi connectivity index (χ2v) is 18.3. The Hall–Kier alpha value is 2.03. The first-order valence-corrected chi connectivity index (χ1v) is 13.9. The van der Waals surface area contributed by atoms with Crippen LogP contribution in [-0.2, 0) is 0 Å². The first kappa shape index (κ1) is 11.0. The van der Waals surface area contributed by atoms with Gasteiger partial charge in [0, 0.05) is 0 Å². The van der Waals surface area contributed by atoms with Gasteiger partial charge in [-0.1, -0.05) is 0 Å². The minimum Gasteiger partial charge on any atom is -0.176 e. The third kappa shape index (κ3) is 3.28. The fraction of sp³-hybridized carbons (Fsp3) is 1.00. The summed E-state index contributed by atoms with van der Waals surface area (Å²) in [7, 11) is -2.07. The zero-order valence-electron chi connectivity index (χ0n) is 4.84. The highest BCUT2D eigenvalue weighted by Gasteiger charge is 2.28. The minimum atomic E-state index is -0.517. The Morgan fingerprint density at radius 1 is 0.667 bits per heavy atom. The van der Waals surface area contributed by atoms with Crippen LogP contribution in [0.3, 0.4) is 0 Å². The second kappa shape index (κ2) is 5.65. The average molecular weight is 274 g/mol. The van der Waals surface area contributed by atoms with Gasteiger partial charge in [-0.3, -0.25) is 0 Å². The summed E-state index contributed by atoms with van der Waals surface area (Å²) in [5.74, 6) is 0. The minimum absolute atomic E-state index is 0.284. The molecule has 0 saturated heterocycles. The summed E-state index contributed by atoms with van der Waals surface area (Å²) in [6.45, 7) is 0. The van der Waals surface area contributed by atoms with Crippen molar-refractivity contribution in [3.63, 3.8) is 0 Å². The quantitative estimate of drug-likeness (QED) is 0.470. The molecular formula is CH8Cl4Si4. The maximum atomic E-state index is 5.81. The zero-order valence-corrected chi connectivity index (χ0v) is 13.5. The molecule has 0 radical (unpaired) electrons. The summed E-state index contributed by atoms with van der Waals surface area (Å²) in [6, 6.07) is 0. The summed E-state index contributed by atoms with van der Waals surface area (Å²) in [6.07, 6.45) is 0. The molecule has 0 bridgehead atoms. The third-order valence-corrected chi connectivity index (χ3v) is 30.6. The zero-order chi connectivity index (χ0) is 7.33. The largest absolute Gasteiger partial charge is 0.176 e. The molecule has 0 spiro atoms. The van der Waals surface area contributed by atoms with Gasteiger partial charge in [-0.2, -0.15) is 44.3 Å². The summed E-state index contributed by atoms with van der Waals surface area (Å²) in [5.41, 5.74) is 0. The van der Waals surface area contributed by atoms with Crippen LogP contribution in [-0.4, -0.2) is 35.3 Å². The molecule has 56 valence electrons. The Labute approximate surface area is 83.1 Å². The van der Waals surface area contributed by atoms with Gasteiger partial charge in [-0.15, -0.1) is 0 Å². The lowest BCUT2D eigenvalue weighted by Gasteiger charge is -2.20. The highest BCUT2D eigenvalue weighted by atomic mass is 35.6. The molecule has 0 aromatic rings. The van der Waals surface area contributed by atoms with Gasteiger partial charge in [0.05, 0.1) is 0 Å². The van der Waals surface area contributed by atoms with E-state index >= 15 is 0 Å². The van der Waals surface area contributed by atoms with Crippen molar-refractivity contribution < 1.29 is 0 Å². The predicted molar refractivity (Wildman–Crippen MR) is 60.3 cm³/mol. The standard InChI is InChI=1S/CH8Cl4Si4/c2-6-1(7-3,8-4)9-5/h6-9H2. The number of hydrogen-bond donors (Lipinski definition) is 0. The molecule has 0 nitrogen and oxygen atoms in total. The predicted octanol–water partition coefficient (Wildman–Crippen LogP) is -0.692. The van der Waals surface area contributed by atoms with E-state index < -0.39 is 35.3 Å². The molecule has 0 aliphatic carbocycles. The fourth-order valence-electron chi connectivity index (χ4n) is 0.214.